The molecule has 132 valence electrons. The molecule has 2 aliphatic rings. The van der Waals surface area contributed by atoms with Crippen LogP contribution in [-0.4, -0.2) is 15.9 Å². The van der Waals surface area contributed by atoms with Gasteiger partial charge in [-0.1, -0.05) is 24.3 Å². The Labute approximate surface area is 159 Å². The first kappa shape index (κ1) is 16.2. The third kappa shape index (κ3) is 2.03. The van der Waals surface area contributed by atoms with E-state index in [1.54, 1.807) is 30.5 Å². The van der Waals surface area contributed by atoms with Gasteiger partial charge in [-0.25, -0.2) is 4.39 Å². The van der Waals surface area contributed by atoms with Crippen LogP contribution < -0.4 is 0 Å². The van der Waals surface area contributed by atoms with Gasteiger partial charge in [-0.3, -0.25) is 9.78 Å². The number of pyridine rings is 1. The number of nitriles is 1. The SMILES string of the molecule is N#CC=C1/C(=C2/c3cccnc3-c3c(O)cccc32)C(=O)c2cc(F)ccc21. The van der Waals surface area contributed by atoms with E-state index in [2.05, 4.69) is 4.98 Å². The number of phenolic OH excluding ortho intramolecular Hbond substituents is 1. The van der Waals surface area contributed by atoms with Crippen molar-refractivity contribution in [2.75, 3.05) is 0 Å². The first-order valence-corrected chi connectivity index (χ1v) is 8.59. The smallest absolute Gasteiger partial charge is 0.195 e. The van der Waals surface area contributed by atoms with Crippen LogP contribution in [0, 0.1) is 17.1 Å². The molecule has 2 aromatic carbocycles. The predicted octanol–water partition coefficient (Wildman–Crippen LogP) is 4.51. The molecule has 0 unspecified atom stereocenters. The zero-order valence-electron chi connectivity index (χ0n) is 14.4. The topological polar surface area (TPSA) is 74.0 Å². The zero-order chi connectivity index (χ0) is 19.4. The Morgan fingerprint density at radius 1 is 1.00 bits per heavy atom. The van der Waals surface area contributed by atoms with E-state index in [9.17, 15) is 19.6 Å². The molecule has 1 heterocycles. The summed E-state index contributed by atoms with van der Waals surface area (Å²) >= 11 is 0. The lowest BCUT2D eigenvalue weighted by atomic mass is 9.93. The van der Waals surface area contributed by atoms with Crippen LogP contribution in [-0.2, 0) is 0 Å². The summed E-state index contributed by atoms with van der Waals surface area (Å²) in [5.74, 6) is -0.800. The molecule has 2 aliphatic carbocycles. The van der Waals surface area contributed by atoms with Gasteiger partial charge in [-0.15, -0.1) is 0 Å². The molecule has 1 aromatic heterocycles. The quantitative estimate of drug-likeness (QED) is 0.367. The van der Waals surface area contributed by atoms with Crippen molar-refractivity contribution in [1.29, 1.82) is 5.26 Å². The van der Waals surface area contributed by atoms with Gasteiger partial charge in [0.2, 0.25) is 0 Å². The average molecular weight is 366 g/mol. The highest BCUT2D eigenvalue weighted by Gasteiger charge is 2.38. The van der Waals surface area contributed by atoms with Crippen molar-refractivity contribution in [2.24, 2.45) is 0 Å². The summed E-state index contributed by atoms with van der Waals surface area (Å²) in [5, 5.41) is 19.7. The largest absolute Gasteiger partial charge is 0.507 e. The third-order valence-electron chi connectivity index (χ3n) is 5.10. The number of halogens is 1. The van der Waals surface area contributed by atoms with Crippen molar-refractivity contribution in [3.8, 4) is 23.1 Å². The van der Waals surface area contributed by atoms with E-state index in [4.69, 9.17) is 0 Å². The van der Waals surface area contributed by atoms with E-state index in [0.717, 1.165) is 0 Å². The lowest BCUT2D eigenvalue weighted by Crippen LogP contribution is -2.00. The minimum atomic E-state index is -0.513. The Hall–Kier alpha value is -4.04. The van der Waals surface area contributed by atoms with Gasteiger partial charge in [0.05, 0.1) is 17.3 Å². The van der Waals surface area contributed by atoms with Gasteiger partial charge in [0, 0.05) is 40.1 Å². The van der Waals surface area contributed by atoms with Crippen molar-refractivity contribution in [2.45, 2.75) is 0 Å². The summed E-state index contributed by atoms with van der Waals surface area (Å²) in [6, 6.07) is 14.6. The molecule has 0 aliphatic heterocycles. The molecule has 0 amide bonds. The van der Waals surface area contributed by atoms with Gasteiger partial charge in [0.25, 0.3) is 0 Å². The molecular weight excluding hydrogens is 355 g/mol. The number of hydrogen-bond acceptors (Lipinski definition) is 4. The summed E-state index contributed by atoms with van der Waals surface area (Å²) in [7, 11) is 0. The second-order valence-electron chi connectivity index (χ2n) is 6.56. The molecule has 28 heavy (non-hydrogen) atoms. The number of Topliss-reactive ketones (excluding diaryl/α,β-unsaturated/α-hetero) is 1. The number of benzene rings is 2. The van der Waals surface area contributed by atoms with E-state index in [0.29, 0.717) is 44.7 Å². The standard InChI is InChI=1S/C23H11FN2O2/c24-12-6-7-13-14(8-9-25)21(23(28)17(13)11-12)19-15-3-1-5-18(27)20(15)22-16(19)4-2-10-26-22/h1-8,10-11,27H/b14-8?,21-19-. The number of nitrogens with zero attached hydrogens (tertiary/aromatic N) is 2. The number of carbonyl (C=O) groups excluding carboxylic acids is 1. The van der Waals surface area contributed by atoms with Crippen LogP contribution in [0.1, 0.15) is 27.0 Å². The van der Waals surface area contributed by atoms with Crippen LogP contribution in [0.2, 0.25) is 0 Å². The summed E-state index contributed by atoms with van der Waals surface area (Å²) in [5.41, 5.74) is 4.59. The second-order valence-corrected chi connectivity index (χ2v) is 6.56. The Bertz CT molecular complexity index is 1310. The van der Waals surface area contributed by atoms with Crippen molar-refractivity contribution in [3.63, 3.8) is 0 Å². The van der Waals surface area contributed by atoms with Crippen molar-refractivity contribution in [3.05, 3.63) is 94.4 Å². The number of allylic oxidation sites excluding steroid dienone is 3. The molecule has 0 fully saturated rings. The van der Waals surface area contributed by atoms with E-state index in [1.165, 1.54) is 24.3 Å². The number of fused-ring (bicyclic) bond motifs is 4. The Balaban J connectivity index is 1.93. The maximum atomic E-state index is 13.8. The zero-order valence-corrected chi connectivity index (χ0v) is 14.4. The Morgan fingerprint density at radius 2 is 1.82 bits per heavy atom. The van der Waals surface area contributed by atoms with Crippen LogP contribution in [0.15, 0.2) is 66.4 Å². The fourth-order valence-corrected chi connectivity index (χ4v) is 4.01. The number of aromatic hydroxyl groups is 1. The average Bonchev–Trinajstić information content (AvgIpc) is 3.15. The van der Waals surface area contributed by atoms with Gasteiger partial charge >= 0.3 is 0 Å². The number of aromatic nitrogens is 1. The number of rotatable bonds is 0. The van der Waals surface area contributed by atoms with E-state index < -0.39 is 5.82 Å². The molecule has 0 saturated heterocycles. The number of hydrogen-bond donors (Lipinski definition) is 1. The van der Waals surface area contributed by atoms with Gasteiger partial charge in [0.15, 0.2) is 5.78 Å². The van der Waals surface area contributed by atoms with E-state index in [-0.39, 0.29) is 17.1 Å². The molecule has 0 atom stereocenters. The molecule has 5 rings (SSSR count). The summed E-state index contributed by atoms with van der Waals surface area (Å²) in [4.78, 5) is 17.7. The molecule has 0 saturated carbocycles. The highest BCUT2D eigenvalue weighted by atomic mass is 19.1. The van der Waals surface area contributed by atoms with E-state index >= 15 is 0 Å². The van der Waals surface area contributed by atoms with Crippen LogP contribution in [0.4, 0.5) is 4.39 Å². The molecule has 5 heteroatoms. The first-order chi connectivity index (χ1) is 13.6. The monoisotopic (exact) mass is 366 g/mol. The second kappa shape index (κ2) is 5.73. The fraction of sp³-hybridized carbons (Fsp3) is 0. The van der Waals surface area contributed by atoms with Gasteiger partial charge in [-0.05, 0) is 35.4 Å². The minimum absolute atomic E-state index is 0.0628. The maximum Gasteiger partial charge on any atom is 0.195 e. The lowest BCUT2D eigenvalue weighted by molar-refractivity contribution is 0.104. The fourth-order valence-electron chi connectivity index (χ4n) is 4.01. The molecule has 4 nitrogen and oxygen atoms in total. The van der Waals surface area contributed by atoms with Crippen molar-refractivity contribution >= 4 is 16.9 Å². The normalized spacial score (nSPS) is 18.0. The first-order valence-electron chi connectivity index (χ1n) is 8.59. The van der Waals surface area contributed by atoms with Crippen molar-refractivity contribution in [1.82, 2.24) is 4.98 Å². The Kier molecular flexibility index (Phi) is 3.31. The van der Waals surface area contributed by atoms with Crippen LogP contribution in [0.25, 0.3) is 22.4 Å². The van der Waals surface area contributed by atoms with Gasteiger partial charge < -0.3 is 5.11 Å². The van der Waals surface area contributed by atoms with Crippen LogP contribution >= 0.6 is 0 Å². The van der Waals surface area contributed by atoms with E-state index in [1.807, 2.05) is 12.1 Å². The lowest BCUT2D eigenvalue weighted by Gasteiger charge is -2.08. The summed E-state index contributed by atoms with van der Waals surface area (Å²) in [6.45, 7) is 0. The minimum Gasteiger partial charge on any atom is -0.507 e. The van der Waals surface area contributed by atoms with Crippen LogP contribution in [0.5, 0.6) is 5.75 Å². The van der Waals surface area contributed by atoms with Gasteiger partial charge in [-0.2, -0.15) is 5.26 Å². The highest BCUT2D eigenvalue weighted by molar-refractivity contribution is 6.32. The van der Waals surface area contributed by atoms with Crippen LogP contribution in [0.3, 0.4) is 0 Å². The number of carbonyl (C=O) groups is 1. The highest BCUT2D eigenvalue weighted by Crippen LogP contribution is 2.52. The molecule has 0 bridgehead atoms. The van der Waals surface area contributed by atoms with Gasteiger partial charge in [0.1, 0.15) is 11.6 Å². The molecule has 3 aromatic rings. The number of phenols is 1. The molecule has 1 N–H and O–H groups in total. The molecular formula is C23H11FN2O2. The predicted molar refractivity (Wildman–Crippen MR) is 102 cm³/mol. The number of ketones is 1. The summed E-state index contributed by atoms with van der Waals surface area (Å²) < 4.78 is 13.8. The molecule has 0 spiro atoms. The Morgan fingerprint density at radius 3 is 2.64 bits per heavy atom. The maximum absolute atomic E-state index is 13.8. The summed E-state index contributed by atoms with van der Waals surface area (Å²) in [6.07, 6.45) is 2.93. The van der Waals surface area contributed by atoms with Crippen molar-refractivity contribution < 1.29 is 14.3 Å². The third-order valence-corrected chi connectivity index (χ3v) is 5.10. The molecule has 0 radical (unpaired) electrons.